The van der Waals surface area contributed by atoms with Crippen molar-refractivity contribution in [3.8, 4) is 32.3 Å². The SMILES string of the molecule is Cc1ccc2nc(-c3ccc4nc(-c5ccc(CC(=O)c6ccc(NC(=O)OCC7c8ccccc8-c8ccccc87)cc6)cc5)sc4c3)sc2c1S(=O)(=O)O.N. The molecule has 10 nitrogen and oxygen atoms in total. The Bertz CT molecular complexity index is 2910. The summed E-state index contributed by atoms with van der Waals surface area (Å²) in [6.45, 7) is 1.86. The van der Waals surface area contributed by atoms with Crippen LogP contribution in [0.4, 0.5) is 10.5 Å². The van der Waals surface area contributed by atoms with Crippen LogP contribution in [0.2, 0.25) is 0 Å². The van der Waals surface area contributed by atoms with Gasteiger partial charge in [-0.15, -0.1) is 22.7 Å². The van der Waals surface area contributed by atoms with Crippen molar-refractivity contribution in [2.24, 2.45) is 0 Å². The molecule has 0 radical (unpaired) electrons. The largest absolute Gasteiger partial charge is 0.448 e. The van der Waals surface area contributed by atoms with Gasteiger partial charge in [0.25, 0.3) is 10.1 Å². The molecule has 0 atom stereocenters. The summed E-state index contributed by atoms with van der Waals surface area (Å²) in [5.41, 5.74) is 10.1. The molecule has 2 heterocycles. The van der Waals surface area contributed by atoms with Gasteiger partial charge < -0.3 is 10.9 Å². The molecule has 0 bridgehead atoms. The molecule has 0 fully saturated rings. The van der Waals surface area contributed by atoms with Crippen molar-refractivity contribution in [2.75, 3.05) is 11.9 Å². The Morgan fingerprint density at radius 1 is 0.754 bits per heavy atom. The van der Waals surface area contributed by atoms with Crippen LogP contribution >= 0.6 is 22.7 Å². The molecule has 0 saturated heterocycles. The maximum atomic E-state index is 13.2. The molecule has 0 saturated carbocycles. The summed E-state index contributed by atoms with van der Waals surface area (Å²) in [7, 11) is -4.41. The van der Waals surface area contributed by atoms with E-state index in [1.54, 1.807) is 43.3 Å². The van der Waals surface area contributed by atoms with Gasteiger partial charge in [0.15, 0.2) is 5.78 Å². The number of nitrogens with one attached hydrogen (secondary N) is 1. The molecule has 9 rings (SSSR count). The third-order valence-electron chi connectivity index (χ3n) is 9.96. The van der Waals surface area contributed by atoms with Crippen molar-refractivity contribution >= 4 is 70.8 Å². The fourth-order valence-corrected chi connectivity index (χ4v) is 10.6. The number of ether oxygens (including phenoxy) is 1. The summed E-state index contributed by atoms with van der Waals surface area (Å²) in [5.74, 6) is -0.0838. The van der Waals surface area contributed by atoms with Crippen molar-refractivity contribution in [2.45, 2.75) is 24.2 Å². The van der Waals surface area contributed by atoms with Gasteiger partial charge in [-0.25, -0.2) is 14.8 Å². The molecule has 0 aliphatic heterocycles. The van der Waals surface area contributed by atoms with Crippen LogP contribution in [0.1, 0.15) is 38.5 Å². The number of thiazole rings is 2. The number of nitrogens with zero attached hydrogens (tertiary/aromatic N) is 2. The van der Waals surface area contributed by atoms with Gasteiger partial charge in [0.05, 0.1) is 20.4 Å². The molecule has 1 aliphatic rings. The van der Waals surface area contributed by atoms with E-state index in [1.807, 2.05) is 66.7 Å². The van der Waals surface area contributed by atoms with E-state index in [9.17, 15) is 22.6 Å². The van der Waals surface area contributed by atoms with Gasteiger partial charge in [-0.2, -0.15) is 8.42 Å². The zero-order chi connectivity index (χ0) is 38.6. The molecule has 0 spiro atoms. The van der Waals surface area contributed by atoms with Gasteiger partial charge in [0.1, 0.15) is 21.5 Å². The van der Waals surface area contributed by atoms with Crippen LogP contribution in [0.3, 0.4) is 0 Å². The lowest BCUT2D eigenvalue weighted by molar-refractivity contribution is 0.0993. The van der Waals surface area contributed by atoms with Crippen molar-refractivity contribution in [3.63, 3.8) is 0 Å². The minimum atomic E-state index is -4.41. The summed E-state index contributed by atoms with van der Waals surface area (Å²) in [6, 6.07) is 40.1. The molecule has 1 aliphatic carbocycles. The van der Waals surface area contributed by atoms with Crippen LogP contribution < -0.4 is 11.5 Å². The van der Waals surface area contributed by atoms with Crippen LogP contribution in [-0.4, -0.2) is 41.4 Å². The van der Waals surface area contributed by atoms with Crippen molar-refractivity contribution in [1.29, 1.82) is 0 Å². The van der Waals surface area contributed by atoms with E-state index in [4.69, 9.17) is 9.72 Å². The Kier molecular flexibility index (Phi) is 10.0. The lowest BCUT2D eigenvalue weighted by atomic mass is 9.98. The van der Waals surface area contributed by atoms with Crippen LogP contribution in [0.15, 0.2) is 132 Å². The number of carbonyl (C=O) groups is 2. The number of amides is 1. The van der Waals surface area contributed by atoms with Gasteiger partial charge in [0.2, 0.25) is 0 Å². The van der Waals surface area contributed by atoms with E-state index < -0.39 is 16.2 Å². The summed E-state index contributed by atoms with van der Waals surface area (Å²) in [6.07, 6.45) is -0.344. The fraction of sp³-hybridized carbons (Fsp3) is 0.0909. The highest BCUT2D eigenvalue weighted by Gasteiger charge is 2.29. The van der Waals surface area contributed by atoms with Gasteiger partial charge in [-0.3, -0.25) is 14.7 Å². The minimum absolute atomic E-state index is 0. The number of rotatable bonds is 9. The molecule has 1 amide bonds. The monoisotopic (exact) mass is 810 g/mol. The van der Waals surface area contributed by atoms with Gasteiger partial charge >= 0.3 is 6.09 Å². The minimum Gasteiger partial charge on any atom is -0.448 e. The summed E-state index contributed by atoms with van der Waals surface area (Å²) in [4.78, 5) is 35.3. The normalized spacial score (nSPS) is 12.2. The third-order valence-corrected chi connectivity index (χ3v) is 13.3. The first kappa shape index (κ1) is 37.8. The number of anilines is 1. The van der Waals surface area contributed by atoms with Gasteiger partial charge in [-0.1, -0.05) is 78.9 Å². The second kappa shape index (κ2) is 15.1. The Hall–Kier alpha value is -6.09. The van der Waals surface area contributed by atoms with E-state index in [0.29, 0.717) is 32.0 Å². The maximum absolute atomic E-state index is 13.2. The van der Waals surface area contributed by atoms with Crippen LogP contribution in [0.5, 0.6) is 0 Å². The second-order valence-electron chi connectivity index (χ2n) is 13.6. The van der Waals surface area contributed by atoms with E-state index in [2.05, 4.69) is 34.6 Å². The highest BCUT2D eigenvalue weighted by Crippen LogP contribution is 2.44. The zero-order valence-electron chi connectivity index (χ0n) is 30.4. The molecule has 13 heteroatoms. The van der Waals surface area contributed by atoms with Crippen LogP contribution in [0, 0.1) is 6.92 Å². The Labute approximate surface area is 336 Å². The highest BCUT2D eigenvalue weighted by molar-refractivity contribution is 7.86. The molecule has 0 unspecified atom stereocenters. The number of Topliss-reactive ketones (excluding diaryl/α,β-unsaturated/α-hetero) is 1. The lowest BCUT2D eigenvalue weighted by Crippen LogP contribution is -2.18. The maximum Gasteiger partial charge on any atom is 0.411 e. The average molecular weight is 811 g/mol. The quantitative estimate of drug-likeness (QED) is 0.0948. The molecule has 6 aromatic carbocycles. The third kappa shape index (κ3) is 7.34. The molecule has 284 valence electrons. The molecule has 5 N–H and O–H groups in total. The number of hydrogen-bond donors (Lipinski definition) is 3. The number of fused-ring (bicyclic) bond motifs is 5. The number of aryl methyl sites for hydroxylation is 1. The van der Waals surface area contributed by atoms with Crippen molar-refractivity contribution < 1.29 is 27.3 Å². The van der Waals surface area contributed by atoms with E-state index >= 15 is 0 Å². The Morgan fingerprint density at radius 2 is 1.37 bits per heavy atom. The number of hydrogen-bond acceptors (Lipinski definition) is 10. The first-order valence-electron chi connectivity index (χ1n) is 17.7. The summed E-state index contributed by atoms with van der Waals surface area (Å²) < 4.78 is 41.1. The van der Waals surface area contributed by atoms with E-state index in [1.165, 1.54) is 33.8 Å². The Morgan fingerprint density at radius 3 is 2.05 bits per heavy atom. The van der Waals surface area contributed by atoms with Crippen molar-refractivity contribution in [1.82, 2.24) is 16.1 Å². The fourth-order valence-electron chi connectivity index (χ4n) is 7.24. The molecule has 8 aromatic rings. The summed E-state index contributed by atoms with van der Waals surface area (Å²) in [5, 5.41) is 4.24. The van der Waals surface area contributed by atoms with E-state index in [0.717, 1.165) is 43.0 Å². The van der Waals surface area contributed by atoms with Crippen LogP contribution in [0.25, 0.3) is 52.7 Å². The predicted molar refractivity (Wildman–Crippen MR) is 226 cm³/mol. The molecular formula is C44H34N4O6S3. The predicted octanol–water partition coefficient (Wildman–Crippen LogP) is 10.7. The topological polar surface area (TPSA) is 171 Å². The van der Waals surface area contributed by atoms with Gasteiger partial charge in [0, 0.05) is 34.7 Å². The first-order valence-corrected chi connectivity index (χ1v) is 20.8. The first-order chi connectivity index (χ1) is 27.1. The second-order valence-corrected chi connectivity index (χ2v) is 17.0. The molecule has 2 aromatic heterocycles. The van der Waals surface area contributed by atoms with Crippen molar-refractivity contribution in [3.05, 3.63) is 155 Å². The number of benzene rings is 6. The van der Waals surface area contributed by atoms with Gasteiger partial charge in [-0.05, 0) is 88.8 Å². The molecular weight excluding hydrogens is 777 g/mol. The number of ketones is 1. The standard InChI is InChI=1S/C44H31N3O6S3.H3N/c1-25-10-20-37-40(41(25)56(50,51)52)55-43(47-37)29-17-21-36-39(23-29)54-42(46-36)28-13-11-26(12-14-28)22-38(48)27-15-18-30(19-16-27)45-44(49)53-24-35-33-8-4-2-6-31(33)32-7-3-5-9-34(32)35;/h2-21,23,35H,22,24H2,1H3,(H,45,49)(H,50,51,52);1H3. The molecule has 57 heavy (non-hydrogen) atoms. The summed E-state index contributed by atoms with van der Waals surface area (Å²) >= 11 is 2.75. The highest BCUT2D eigenvalue weighted by atomic mass is 32.2. The number of aromatic nitrogens is 2. The lowest BCUT2D eigenvalue weighted by Gasteiger charge is -2.14. The smallest absolute Gasteiger partial charge is 0.411 e. The average Bonchev–Trinajstić information content (AvgIpc) is 3.91. The van der Waals surface area contributed by atoms with E-state index in [-0.39, 0.29) is 35.8 Å². The zero-order valence-corrected chi connectivity index (χ0v) is 32.9. The Balaban J connectivity index is 0.00000455. The van der Waals surface area contributed by atoms with Crippen LogP contribution in [-0.2, 0) is 21.3 Å². The number of carbonyl (C=O) groups excluding carboxylic acids is 2.